The van der Waals surface area contributed by atoms with Gasteiger partial charge in [0.05, 0.1) is 11.6 Å². The van der Waals surface area contributed by atoms with E-state index < -0.39 is 0 Å². The largest absolute Gasteiger partial charge is 0.309 e. The van der Waals surface area contributed by atoms with E-state index in [1.165, 1.54) is 22.8 Å². The van der Waals surface area contributed by atoms with Crippen molar-refractivity contribution in [2.45, 2.75) is 18.2 Å². The molecule has 0 aliphatic carbocycles. The molecule has 0 radical (unpaired) electrons. The van der Waals surface area contributed by atoms with E-state index >= 15 is 0 Å². The lowest BCUT2D eigenvalue weighted by Crippen LogP contribution is -2.30. The van der Waals surface area contributed by atoms with E-state index in [1.807, 2.05) is 24.3 Å². The highest BCUT2D eigenvalue weighted by molar-refractivity contribution is 8.06. The molecule has 1 aromatic carbocycles. The monoisotopic (exact) mass is 278 g/mol. The van der Waals surface area contributed by atoms with Crippen molar-refractivity contribution in [1.29, 1.82) is 5.26 Å². The van der Waals surface area contributed by atoms with Gasteiger partial charge in [0.15, 0.2) is 0 Å². The van der Waals surface area contributed by atoms with Gasteiger partial charge in [0, 0.05) is 35.1 Å². The molecule has 1 aliphatic heterocycles. The van der Waals surface area contributed by atoms with Crippen LogP contribution in [0.5, 0.6) is 0 Å². The number of rotatable bonds is 4. The van der Waals surface area contributed by atoms with E-state index in [-0.39, 0.29) is 0 Å². The average Bonchev–Trinajstić information content (AvgIpc) is 2.46. The van der Waals surface area contributed by atoms with Crippen molar-refractivity contribution >= 4 is 23.5 Å². The average molecular weight is 278 g/mol. The molecule has 0 spiro atoms. The van der Waals surface area contributed by atoms with Crippen LogP contribution in [-0.2, 0) is 0 Å². The normalized spacial score (nSPS) is 21.2. The van der Waals surface area contributed by atoms with Gasteiger partial charge >= 0.3 is 0 Å². The van der Waals surface area contributed by atoms with E-state index in [0.29, 0.717) is 6.04 Å². The lowest BCUT2D eigenvalue weighted by atomic mass is 10.1. The van der Waals surface area contributed by atoms with Crippen LogP contribution >= 0.6 is 23.5 Å². The molecule has 96 valence electrons. The molecular weight excluding hydrogens is 260 g/mol. The molecule has 1 N–H and O–H groups in total. The van der Waals surface area contributed by atoms with Crippen LogP contribution in [0, 0.1) is 11.3 Å². The van der Waals surface area contributed by atoms with Gasteiger partial charge in [-0.1, -0.05) is 12.1 Å². The van der Waals surface area contributed by atoms with Gasteiger partial charge in [-0.15, -0.1) is 0 Å². The van der Waals surface area contributed by atoms with Crippen molar-refractivity contribution in [3.63, 3.8) is 0 Å². The van der Waals surface area contributed by atoms with Crippen molar-refractivity contribution in [3.05, 3.63) is 35.4 Å². The number of hydrogen-bond acceptors (Lipinski definition) is 4. The van der Waals surface area contributed by atoms with E-state index in [9.17, 15) is 0 Å². The molecule has 2 nitrogen and oxygen atoms in total. The topological polar surface area (TPSA) is 35.8 Å². The standard InChI is InChI=1S/C14H18N2S2/c1-11(13-4-2-12(8-15)3-5-13)16-9-14-10-17-6-7-18-14/h2-5,11,14,16H,6-7,9-10H2,1H3. The summed E-state index contributed by atoms with van der Waals surface area (Å²) < 4.78 is 0. The Bertz CT molecular complexity index is 405. The summed E-state index contributed by atoms with van der Waals surface area (Å²) in [5, 5.41) is 13.1. The Morgan fingerprint density at radius 1 is 1.39 bits per heavy atom. The quantitative estimate of drug-likeness (QED) is 0.918. The Morgan fingerprint density at radius 2 is 2.17 bits per heavy atom. The van der Waals surface area contributed by atoms with Gasteiger partial charge in [0.2, 0.25) is 0 Å². The minimum atomic E-state index is 0.352. The molecule has 2 rings (SSSR count). The van der Waals surface area contributed by atoms with Gasteiger partial charge in [0.1, 0.15) is 0 Å². The highest BCUT2D eigenvalue weighted by atomic mass is 32.2. The number of nitrogens with zero attached hydrogens (tertiary/aromatic N) is 1. The zero-order valence-electron chi connectivity index (χ0n) is 10.6. The van der Waals surface area contributed by atoms with E-state index in [2.05, 4.69) is 41.8 Å². The first-order valence-corrected chi connectivity index (χ1v) is 8.42. The van der Waals surface area contributed by atoms with Crippen LogP contribution in [0.25, 0.3) is 0 Å². The highest BCUT2D eigenvalue weighted by Crippen LogP contribution is 2.24. The number of benzene rings is 1. The minimum Gasteiger partial charge on any atom is -0.309 e. The maximum atomic E-state index is 8.77. The molecule has 0 aromatic heterocycles. The smallest absolute Gasteiger partial charge is 0.0991 e. The predicted molar refractivity (Wildman–Crippen MR) is 81.1 cm³/mol. The molecule has 1 heterocycles. The second-order valence-corrected chi connectivity index (χ2v) is 6.99. The summed E-state index contributed by atoms with van der Waals surface area (Å²) in [5.74, 6) is 3.84. The van der Waals surface area contributed by atoms with Crippen LogP contribution in [0.4, 0.5) is 0 Å². The first-order chi connectivity index (χ1) is 8.79. The molecule has 2 atom stereocenters. The van der Waals surface area contributed by atoms with E-state index in [1.54, 1.807) is 0 Å². The number of hydrogen-bond donors (Lipinski definition) is 1. The lowest BCUT2D eigenvalue weighted by molar-refractivity contribution is 0.577. The van der Waals surface area contributed by atoms with Crippen molar-refractivity contribution in [2.75, 3.05) is 23.8 Å². The molecule has 0 amide bonds. The molecule has 0 saturated carbocycles. The van der Waals surface area contributed by atoms with Crippen molar-refractivity contribution in [3.8, 4) is 6.07 Å². The summed E-state index contributed by atoms with van der Waals surface area (Å²) in [5.41, 5.74) is 1.98. The van der Waals surface area contributed by atoms with Gasteiger partial charge in [-0.3, -0.25) is 0 Å². The summed E-state index contributed by atoms with van der Waals surface area (Å²) in [6.07, 6.45) is 0. The van der Waals surface area contributed by atoms with Crippen LogP contribution < -0.4 is 5.32 Å². The third-order valence-corrected chi connectivity index (χ3v) is 5.92. The zero-order valence-corrected chi connectivity index (χ0v) is 12.2. The van der Waals surface area contributed by atoms with Crippen LogP contribution in [0.15, 0.2) is 24.3 Å². The van der Waals surface area contributed by atoms with Gasteiger partial charge in [0.25, 0.3) is 0 Å². The first-order valence-electron chi connectivity index (χ1n) is 6.22. The minimum absolute atomic E-state index is 0.352. The van der Waals surface area contributed by atoms with Gasteiger partial charge in [-0.05, 0) is 24.6 Å². The van der Waals surface area contributed by atoms with Gasteiger partial charge in [-0.25, -0.2) is 0 Å². The van der Waals surface area contributed by atoms with Crippen molar-refractivity contribution < 1.29 is 0 Å². The molecule has 1 aliphatic rings. The summed E-state index contributed by atoms with van der Waals surface area (Å²) in [6.45, 7) is 3.25. The van der Waals surface area contributed by atoms with Crippen LogP contribution in [0.1, 0.15) is 24.1 Å². The summed E-state index contributed by atoms with van der Waals surface area (Å²) >= 11 is 4.14. The number of nitrogens with one attached hydrogen (secondary N) is 1. The molecule has 0 bridgehead atoms. The van der Waals surface area contributed by atoms with Crippen molar-refractivity contribution in [1.82, 2.24) is 5.32 Å². The van der Waals surface area contributed by atoms with Crippen LogP contribution in [0.2, 0.25) is 0 Å². The fraction of sp³-hybridized carbons (Fsp3) is 0.500. The summed E-state index contributed by atoms with van der Waals surface area (Å²) in [4.78, 5) is 0. The molecule has 18 heavy (non-hydrogen) atoms. The molecule has 2 unspecified atom stereocenters. The Balaban J connectivity index is 1.83. The van der Waals surface area contributed by atoms with E-state index in [0.717, 1.165) is 17.4 Å². The van der Waals surface area contributed by atoms with Crippen molar-refractivity contribution in [2.24, 2.45) is 0 Å². The fourth-order valence-electron chi connectivity index (χ4n) is 1.93. The second-order valence-electron chi connectivity index (χ2n) is 4.43. The maximum Gasteiger partial charge on any atom is 0.0991 e. The van der Waals surface area contributed by atoms with Gasteiger partial charge in [-0.2, -0.15) is 28.8 Å². The van der Waals surface area contributed by atoms with Gasteiger partial charge < -0.3 is 5.32 Å². The SMILES string of the molecule is CC(NCC1CSCCS1)c1ccc(C#N)cc1. The fourth-order valence-corrected chi connectivity index (χ4v) is 4.55. The summed E-state index contributed by atoms with van der Waals surface area (Å²) in [7, 11) is 0. The predicted octanol–water partition coefficient (Wildman–Crippen LogP) is 3.06. The maximum absolute atomic E-state index is 8.77. The highest BCUT2D eigenvalue weighted by Gasteiger charge is 2.15. The Kier molecular flexibility index (Phi) is 5.43. The third kappa shape index (κ3) is 3.94. The molecule has 1 fully saturated rings. The third-order valence-electron chi connectivity index (χ3n) is 3.08. The summed E-state index contributed by atoms with van der Waals surface area (Å²) in [6, 6.07) is 10.4. The second kappa shape index (κ2) is 7.08. The van der Waals surface area contributed by atoms with Crippen LogP contribution in [0.3, 0.4) is 0 Å². The molecule has 1 saturated heterocycles. The Labute approximate surface area is 118 Å². The number of nitriles is 1. The zero-order chi connectivity index (χ0) is 12.8. The molecular formula is C14H18N2S2. The number of thioether (sulfide) groups is 2. The lowest BCUT2D eigenvalue weighted by Gasteiger charge is -2.23. The Hall–Kier alpha value is -0.630. The molecule has 1 aromatic rings. The first kappa shape index (κ1) is 13.8. The van der Waals surface area contributed by atoms with Crippen LogP contribution in [-0.4, -0.2) is 29.1 Å². The molecule has 4 heteroatoms. The Morgan fingerprint density at radius 3 is 2.78 bits per heavy atom. The van der Waals surface area contributed by atoms with E-state index in [4.69, 9.17) is 5.26 Å².